The Labute approximate surface area is 177 Å². The van der Waals surface area contributed by atoms with E-state index in [9.17, 15) is 0 Å². The molecule has 2 fully saturated rings. The van der Waals surface area contributed by atoms with E-state index in [1.165, 1.54) is 6.21 Å². The van der Waals surface area contributed by atoms with Crippen LogP contribution in [0.3, 0.4) is 0 Å². The standard InChI is InChI=1S/C21H20ClN5O3/c22-14-8-15-20(26-18(14)12(9-23)10-24-13-4-2-1-3-5-13)27-21(25-15)30-17-11-29-16-6-7-28-19(16)17/h1-5,8-10,16-17,19,23-24H,6-7,11H2,(H,25,26,27)/b12-10+,23-9?/t16-,17?,19+/m1/s1. The molecular weight excluding hydrogens is 406 g/mol. The topological polar surface area (TPSA) is 105 Å². The van der Waals surface area contributed by atoms with Gasteiger partial charge < -0.3 is 29.9 Å². The number of aromatic nitrogens is 3. The van der Waals surface area contributed by atoms with Crippen molar-refractivity contribution in [1.29, 1.82) is 5.41 Å². The van der Waals surface area contributed by atoms with Gasteiger partial charge >= 0.3 is 0 Å². The number of halogens is 1. The summed E-state index contributed by atoms with van der Waals surface area (Å²) in [5.41, 5.74) is 3.00. The van der Waals surface area contributed by atoms with Crippen molar-refractivity contribution in [3.05, 3.63) is 53.3 Å². The monoisotopic (exact) mass is 425 g/mol. The van der Waals surface area contributed by atoms with Crippen molar-refractivity contribution >= 4 is 40.2 Å². The van der Waals surface area contributed by atoms with E-state index in [0.29, 0.717) is 46.7 Å². The molecule has 2 aromatic heterocycles. The average molecular weight is 426 g/mol. The lowest BCUT2D eigenvalue weighted by Gasteiger charge is -2.15. The van der Waals surface area contributed by atoms with Crippen LogP contribution in [0, 0.1) is 5.41 Å². The first-order chi connectivity index (χ1) is 14.7. The van der Waals surface area contributed by atoms with Crippen LogP contribution in [-0.2, 0) is 9.47 Å². The first kappa shape index (κ1) is 19.0. The van der Waals surface area contributed by atoms with Crippen LogP contribution in [0.4, 0.5) is 5.69 Å². The van der Waals surface area contributed by atoms with Gasteiger partial charge in [0.2, 0.25) is 0 Å². The van der Waals surface area contributed by atoms with Gasteiger partial charge in [0.25, 0.3) is 6.01 Å². The maximum Gasteiger partial charge on any atom is 0.296 e. The number of pyridine rings is 1. The molecule has 0 aliphatic carbocycles. The summed E-state index contributed by atoms with van der Waals surface area (Å²) in [6, 6.07) is 11.7. The van der Waals surface area contributed by atoms with Crippen LogP contribution >= 0.6 is 11.6 Å². The zero-order chi connectivity index (χ0) is 20.5. The molecule has 1 unspecified atom stereocenters. The zero-order valence-electron chi connectivity index (χ0n) is 16.0. The highest BCUT2D eigenvalue weighted by molar-refractivity contribution is 6.34. The third-order valence-electron chi connectivity index (χ3n) is 5.19. The molecule has 0 amide bonds. The van der Waals surface area contributed by atoms with E-state index >= 15 is 0 Å². The number of nitrogens with one attached hydrogen (secondary N) is 3. The predicted octanol–water partition coefficient (Wildman–Crippen LogP) is 3.65. The number of aromatic amines is 1. The van der Waals surface area contributed by atoms with Gasteiger partial charge in [-0.25, -0.2) is 4.98 Å². The Balaban J connectivity index is 1.39. The number of anilines is 1. The molecule has 1 aromatic carbocycles. The average Bonchev–Trinajstić information content (AvgIpc) is 3.46. The normalized spacial score (nSPS) is 23.5. The lowest BCUT2D eigenvalue weighted by molar-refractivity contribution is 0.0273. The third-order valence-corrected chi connectivity index (χ3v) is 5.47. The summed E-state index contributed by atoms with van der Waals surface area (Å²) in [4.78, 5) is 12.1. The SMILES string of the molecule is N=C/C(=C\Nc1ccccc1)c1nc2nc(OC3CO[C@@H]4CCO[C@H]34)[nH]c2cc1Cl. The van der Waals surface area contributed by atoms with Gasteiger partial charge in [0, 0.05) is 30.3 Å². The number of H-pyrrole nitrogens is 1. The summed E-state index contributed by atoms with van der Waals surface area (Å²) in [7, 11) is 0. The van der Waals surface area contributed by atoms with Crippen molar-refractivity contribution in [2.45, 2.75) is 24.7 Å². The number of fused-ring (bicyclic) bond motifs is 2. The Hall–Kier alpha value is -2.94. The van der Waals surface area contributed by atoms with Gasteiger partial charge in [-0.1, -0.05) is 29.8 Å². The molecule has 3 aromatic rings. The molecule has 8 nitrogen and oxygen atoms in total. The summed E-state index contributed by atoms with van der Waals surface area (Å²) in [6.45, 7) is 1.16. The highest BCUT2D eigenvalue weighted by atomic mass is 35.5. The molecular formula is C21H20ClN5O3. The van der Waals surface area contributed by atoms with E-state index in [2.05, 4.69) is 20.3 Å². The molecule has 0 bridgehead atoms. The number of imidazole rings is 1. The molecule has 0 radical (unpaired) electrons. The summed E-state index contributed by atoms with van der Waals surface area (Å²) in [6.07, 6.45) is 3.60. The van der Waals surface area contributed by atoms with Gasteiger partial charge in [-0.05, 0) is 24.6 Å². The largest absolute Gasteiger partial charge is 0.456 e. The Kier molecular flexibility index (Phi) is 5.12. The van der Waals surface area contributed by atoms with Crippen molar-refractivity contribution in [1.82, 2.24) is 15.0 Å². The number of hydrogen-bond donors (Lipinski definition) is 3. The Bertz CT molecular complexity index is 1100. The van der Waals surface area contributed by atoms with Crippen molar-refractivity contribution in [3.8, 4) is 6.01 Å². The fourth-order valence-corrected chi connectivity index (χ4v) is 3.96. The summed E-state index contributed by atoms with van der Waals surface area (Å²) in [5, 5.41) is 11.3. The van der Waals surface area contributed by atoms with Gasteiger partial charge in [-0.3, -0.25) is 0 Å². The summed E-state index contributed by atoms with van der Waals surface area (Å²) >= 11 is 6.45. The van der Waals surface area contributed by atoms with Crippen LogP contribution in [0.1, 0.15) is 12.1 Å². The van der Waals surface area contributed by atoms with E-state index < -0.39 is 0 Å². The highest BCUT2D eigenvalue weighted by Gasteiger charge is 2.43. The second kappa shape index (κ2) is 8.06. The fraction of sp³-hybridized carbons (Fsp3) is 0.286. The van der Waals surface area contributed by atoms with E-state index in [0.717, 1.165) is 12.1 Å². The molecule has 9 heteroatoms. The summed E-state index contributed by atoms with van der Waals surface area (Å²) in [5.74, 6) is 0. The molecule has 0 saturated carbocycles. The Morgan fingerprint density at radius 3 is 2.97 bits per heavy atom. The minimum atomic E-state index is -0.208. The lowest BCUT2D eigenvalue weighted by atomic mass is 10.1. The molecule has 5 rings (SSSR count). The van der Waals surface area contributed by atoms with E-state index in [1.54, 1.807) is 12.3 Å². The first-order valence-corrected chi connectivity index (χ1v) is 10.1. The minimum absolute atomic E-state index is 0.0677. The van der Waals surface area contributed by atoms with Crippen LogP contribution in [0.5, 0.6) is 6.01 Å². The Morgan fingerprint density at radius 1 is 1.27 bits per heavy atom. The number of hydrogen-bond acceptors (Lipinski definition) is 7. The van der Waals surface area contributed by atoms with Gasteiger partial charge in [-0.15, -0.1) is 0 Å². The maximum absolute atomic E-state index is 7.78. The van der Waals surface area contributed by atoms with E-state index in [-0.39, 0.29) is 18.3 Å². The quantitative estimate of drug-likeness (QED) is 0.520. The molecule has 154 valence electrons. The molecule has 3 atom stereocenters. The maximum atomic E-state index is 7.78. The van der Waals surface area contributed by atoms with Gasteiger partial charge in [0.05, 0.1) is 28.9 Å². The number of ether oxygens (including phenoxy) is 3. The zero-order valence-corrected chi connectivity index (χ0v) is 16.7. The minimum Gasteiger partial charge on any atom is -0.456 e. The van der Waals surface area contributed by atoms with Crippen molar-refractivity contribution in [2.75, 3.05) is 18.5 Å². The molecule has 2 saturated heterocycles. The number of rotatable bonds is 6. The highest BCUT2D eigenvalue weighted by Crippen LogP contribution is 2.30. The lowest BCUT2D eigenvalue weighted by Crippen LogP contribution is -2.32. The Morgan fingerprint density at radius 2 is 2.13 bits per heavy atom. The molecule has 30 heavy (non-hydrogen) atoms. The van der Waals surface area contributed by atoms with Crippen LogP contribution in [0.2, 0.25) is 5.02 Å². The summed E-state index contributed by atoms with van der Waals surface area (Å²) < 4.78 is 17.4. The molecule has 2 aliphatic rings. The van der Waals surface area contributed by atoms with E-state index in [1.807, 2.05) is 30.3 Å². The van der Waals surface area contributed by atoms with Crippen LogP contribution in [0.15, 0.2) is 42.6 Å². The second-order valence-corrected chi connectivity index (χ2v) is 7.55. The van der Waals surface area contributed by atoms with Crippen LogP contribution in [-0.4, -0.2) is 52.7 Å². The number of para-hydroxylation sites is 1. The smallest absolute Gasteiger partial charge is 0.296 e. The molecule has 4 heterocycles. The van der Waals surface area contributed by atoms with Crippen molar-refractivity contribution < 1.29 is 14.2 Å². The van der Waals surface area contributed by atoms with Crippen molar-refractivity contribution in [3.63, 3.8) is 0 Å². The van der Waals surface area contributed by atoms with Gasteiger partial charge in [-0.2, -0.15) is 4.98 Å². The number of nitrogens with zero attached hydrogens (tertiary/aromatic N) is 2. The van der Waals surface area contributed by atoms with Gasteiger partial charge in [0.15, 0.2) is 11.8 Å². The first-order valence-electron chi connectivity index (χ1n) is 9.70. The van der Waals surface area contributed by atoms with Crippen molar-refractivity contribution in [2.24, 2.45) is 0 Å². The van der Waals surface area contributed by atoms with Crippen LogP contribution < -0.4 is 10.1 Å². The third kappa shape index (κ3) is 3.65. The fourth-order valence-electron chi connectivity index (χ4n) is 3.70. The predicted molar refractivity (Wildman–Crippen MR) is 114 cm³/mol. The second-order valence-electron chi connectivity index (χ2n) is 7.14. The number of benzene rings is 1. The van der Waals surface area contributed by atoms with Crippen LogP contribution in [0.25, 0.3) is 16.7 Å². The molecule has 0 spiro atoms. The van der Waals surface area contributed by atoms with Gasteiger partial charge in [0.1, 0.15) is 6.10 Å². The van der Waals surface area contributed by atoms with E-state index in [4.69, 9.17) is 31.2 Å². The molecule has 2 aliphatic heterocycles. The number of allylic oxidation sites excluding steroid dienone is 1. The molecule has 3 N–H and O–H groups in total.